The molecular weight excluding hydrogens is 434 g/mol. The van der Waals surface area contributed by atoms with Crippen molar-refractivity contribution in [3.8, 4) is 5.75 Å². The molecule has 8 heteroatoms. The van der Waals surface area contributed by atoms with E-state index in [-0.39, 0.29) is 43.7 Å². The highest BCUT2D eigenvalue weighted by atomic mass is 16.5. The topological polar surface area (TPSA) is 88.2 Å². The second-order valence-corrected chi connectivity index (χ2v) is 8.55. The number of allylic oxidation sites excluding steroid dienone is 1. The minimum Gasteiger partial charge on any atom is -0.489 e. The quantitative estimate of drug-likeness (QED) is 0.711. The van der Waals surface area contributed by atoms with Crippen LogP contribution in [0.25, 0.3) is 0 Å². The molecule has 0 spiro atoms. The van der Waals surface area contributed by atoms with E-state index in [0.29, 0.717) is 36.6 Å². The number of piperidine rings is 1. The maximum atomic E-state index is 13.1. The van der Waals surface area contributed by atoms with Gasteiger partial charge in [-0.05, 0) is 36.1 Å². The molecule has 34 heavy (non-hydrogen) atoms. The number of fused-ring (bicyclic) bond motifs is 1. The van der Waals surface area contributed by atoms with Crippen LogP contribution in [0, 0.1) is 0 Å². The van der Waals surface area contributed by atoms with Gasteiger partial charge in [-0.1, -0.05) is 36.9 Å². The van der Waals surface area contributed by atoms with E-state index in [1.807, 2.05) is 24.3 Å². The van der Waals surface area contributed by atoms with E-state index in [1.54, 1.807) is 23.1 Å². The Labute approximate surface area is 200 Å². The van der Waals surface area contributed by atoms with Gasteiger partial charge in [0.15, 0.2) is 0 Å². The maximum Gasteiger partial charge on any atom is 0.255 e. The van der Waals surface area contributed by atoms with Gasteiger partial charge in [0.25, 0.3) is 5.91 Å². The molecule has 8 nitrogen and oxygen atoms in total. The van der Waals surface area contributed by atoms with Crippen LogP contribution >= 0.6 is 0 Å². The normalized spacial score (nSPS) is 22.8. The Morgan fingerprint density at radius 3 is 2.74 bits per heavy atom. The van der Waals surface area contributed by atoms with Gasteiger partial charge < -0.3 is 24.6 Å². The largest absolute Gasteiger partial charge is 0.489 e. The van der Waals surface area contributed by atoms with Crippen molar-refractivity contribution in [2.45, 2.75) is 38.5 Å². The van der Waals surface area contributed by atoms with Crippen molar-refractivity contribution in [1.82, 2.24) is 15.1 Å². The van der Waals surface area contributed by atoms with Crippen molar-refractivity contribution in [2.24, 2.45) is 0 Å². The van der Waals surface area contributed by atoms with Crippen LogP contribution in [0.5, 0.6) is 5.75 Å². The zero-order valence-electron chi connectivity index (χ0n) is 20.7. The fourth-order valence-electron chi connectivity index (χ4n) is 4.39. The lowest BCUT2D eigenvalue weighted by molar-refractivity contribution is -0.143. The summed E-state index contributed by atoms with van der Waals surface area (Å²) in [6.45, 7) is 5.83. The molecule has 2 fully saturated rings. The van der Waals surface area contributed by atoms with Crippen LogP contribution in [0.15, 0.2) is 54.7 Å². The molecule has 1 N–H and O–H groups in total. The summed E-state index contributed by atoms with van der Waals surface area (Å²) in [7, 11) is 0. The molecule has 0 aliphatic carbocycles. The first-order valence-corrected chi connectivity index (χ1v) is 11.2. The Morgan fingerprint density at radius 2 is 1.94 bits per heavy atom. The van der Waals surface area contributed by atoms with Crippen LogP contribution in [0.4, 0.5) is 0 Å². The van der Waals surface area contributed by atoms with E-state index in [0.717, 1.165) is 11.1 Å². The summed E-state index contributed by atoms with van der Waals surface area (Å²) in [5, 5.41) is 2.48. The van der Waals surface area contributed by atoms with Crippen molar-refractivity contribution < 1.29 is 26.6 Å². The standard InChI is InChI=1S/C26H27N3O5/c1-17-5-10-22(25(31)27-17)29-14-21-20(26(29)32)3-2-4-23(21)34-15-19-8-6-18(7-9-19)13-28-11-12-33-16-24(28)30/h2-4,6-9,22H,1,5,10-16H2,(H,27,31)/i5D2. The molecule has 0 bridgehead atoms. The van der Waals surface area contributed by atoms with Crippen LogP contribution in [0.2, 0.25) is 0 Å². The molecule has 2 saturated heterocycles. The van der Waals surface area contributed by atoms with Gasteiger partial charge in [0.1, 0.15) is 25.0 Å². The third-order valence-electron chi connectivity index (χ3n) is 6.29. The molecule has 5 rings (SSSR count). The number of nitrogens with one attached hydrogen (secondary N) is 1. The number of amides is 3. The number of carbonyl (C=O) groups excluding carboxylic acids is 3. The molecule has 2 aromatic rings. The smallest absolute Gasteiger partial charge is 0.255 e. The number of rotatable bonds is 6. The first kappa shape index (κ1) is 19.8. The minimum absolute atomic E-state index is 0.0121. The third-order valence-corrected chi connectivity index (χ3v) is 6.29. The molecular formula is C26H27N3O5. The SMILES string of the molecule is [2H]C1([2H])CC(N2Cc3c(OCc4ccc(CN5CCOCC5=O)cc4)cccc3C2=O)C(=O)NC1=C. The van der Waals surface area contributed by atoms with E-state index >= 15 is 0 Å². The summed E-state index contributed by atoms with van der Waals surface area (Å²) in [5.41, 5.74) is 3.10. The average molecular weight is 464 g/mol. The lowest BCUT2D eigenvalue weighted by Gasteiger charge is -2.31. The van der Waals surface area contributed by atoms with Gasteiger partial charge in [0.05, 0.1) is 13.2 Å². The molecule has 3 heterocycles. The number of benzene rings is 2. The van der Waals surface area contributed by atoms with Gasteiger partial charge in [-0.25, -0.2) is 0 Å². The van der Waals surface area contributed by atoms with E-state index < -0.39 is 18.3 Å². The van der Waals surface area contributed by atoms with Crippen LogP contribution in [-0.2, 0) is 34.0 Å². The Balaban J connectivity index is 1.25. The summed E-state index contributed by atoms with van der Waals surface area (Å²) in [4.78, 5) is 40.8. The Kier molecular flexibility index (Phi) is 5.42. The van der Waals surface area contributed by atoms with Crippen molar-refractivity contribution in [3.05, 3.63) is 77.0 Å². The second-order valence-electron chi connectivity index (χ2n) is 8.55. The highest BCUT2D eigenvalue weighted by Gasteiger charge is 2.39. The lowest BCUT2D eigenvalue weighted by Crippen LogP contribution is -2.49. The average Bonchev–Trinajstić information content (AvgIpc) is 3.19. The van der Waals surface area contributed by atoms with Crippen LogP contribution in [0.1, 0.15) is 42.6 Å². The van der Waals surface area contributed by atoms with Gasteiger partial charge in [0, 0.05) is 32.7 Å². The van der Waals surface area contributed by atoms with Gasteiger partial charge in [-0.15, -0.1) is 0 Å². The number of ether oxygens (including phenoxy) is 2. The lowest BCUT2D eigenvalue weighted by atomic mass is 10.0. The summed E-state index contributed by atoms with van der Waals surface area (Å²) < 4.78 is 27.4. The molecule has 176 valence electrons. The maximum absolute atomic E-state index is 13.1. The Morgan fingerprint density at radius 1 is 1.15 bits per heavy atom. The summed E-state index contributed by atoms with van der Waals surface area (Å²) in [6.07, 6.45) is -1.94. The fourth-order valence-corrected chi connectivity index (χ4v) is 4.39. The van der Waals surface area contributed by atoms with Crippen LogP contribution < -0.4 is 10.1 Å². The monoisotopic (exact) mass is 463 g/mol. The molecule has 3 amide bonds. The van der Waals surface area contributed by atoms with Crippen molar-refractivity contribution in [2.75, 3.05) is 19.8 Å². The summed E-state index contributed by atoms with van der Waals surface area (Å²) in [6, 6.07) is 12.1. The first-order chi connectivity index (χ1) is 17.2. The number of hydrogen-bond acceptors (Lipinski definition) is 5. The van der Waals surface area contributed by atoms with Gasteiger partial charge in [0.2, 0.25) is 11.8 Å². The third kappa shape index (κ3) is 4.41. The molecule has 3 aliphatic rings. The number of carbonyl (C=O) groups is 3. The molecule has 0 saturated carbocycles. The highest BCUT2D eigenvalue weighted by Crippen LogP contribution is 2.34. The van der Waals surface area contributed by atoms with E-state index in [4.69, 9.17) is 12.2 Å². The zero-order chi connectivity index (χ0) is 25.4. The zero-order valence-corrected chi connectivity index (χ0v) is 18.7. The predicted octanol–water partition coefficient (Wildman–Crippen LogP) is 2.37. The highest BCUT2D eigenvalue weighted by molar-refractivity contribution is 6.02. The van der Waals surface area contributed by atoms with Gasteiger partial charge >= 0.3 is 0 Å². The summed E-state index contributed by atoms with van der Waals surface area (Å²) >= 11 is 0. The molecule has 0 radical (unpaired) electrons. The molecule has 1 unspecified atom stereocenters. The first-order valence-electron chi connectivity index (χ1n) is 12.2. The molecule has 3 aliphatic heterocycles. The van der Waals surface area contributed by atoms with Crippen molar-refractivity contribution >= 4 is 17.7 Å². The van der Waals surface area contributed by atoms with Crippen molar-refractivity contribution in [3.63, 3.8) is 0 Å². The van der Waals surface area contributed by atoms with Gasteiger partial charge in [-0.3, -0.25) is 14.4 Å². The minimum atomic E-state index is -1.80. The van der Waals surface area contributed by atoms with Crippen LogP contribution in [-0.4, -0.2) is 53.3 Å². The second kappa shape index (κ2) is 9.30. The predicted molar refractivity (Wildman–Crippen MR) is 124 cm³/mol. The van der Waals surface area contributed by atoms with E-state index in [2.05, 4.69) is 11.9 Å². The molecule has 1 atom stereocenters. The summed E-state index contributed by atoms with van der Waals surface area (Å²) in [5.74, 6) is -0.213. The number of nitrogens with zero attached hydrogens (tertiary/aromatic N) is 2. The van der Waals surface area contributed by atoms with E-state index in [9.17, 15) is 14.4 Å². The molecule has 2 aromatic carbocycles. The Hall–Kier alpha value is -3.65. The van der Waals surface area contributed by atoms with Gasteiger partial charge in [-0.2, -0.15) is 0 Å². The molecule has 0 aromatic heterocycles. The number of hydrogen-bond donors (Lipinski definition) is 1. The Bertz CT molecular complexity index is 1230. The number of morpholine rings is 1. The van der Waals surface area contributed by atoms with Crippen LogP contribution in [0.3, 0.4) is 0 Å². The van der Waals surface area contributed by atoms with E-state index in [1.165, 1.54) is 4.90 Å². The van der Waals surface area contributed by atoms with Crippen molar-refractivity contribution in [1.29, 1.82) is 0 Å². The fraction of sp³-hybridized carbons (Fsp3) is 0.346.